The fraction of sp³-hybridized carbons (Fsp3) is 0.609. The molecule has 3 aliphatic rings. The number of halogens is 3. The smallest absolute Gasteiger partial charge is 0.395 e. The van der Waals surface area contributed by atoms with Gasteiger partial charge in [0, 0.05) is 42.4 Å². The number of alkyl halides is 3. The Bertz CT molecular complexity index is 1080. The highest BCUT2D eigenvalue weighted by Crippen LogP contribution is 2.90. The first-order chi connectivity index (χ1) is 15.2. The SMILES string of the molecule is C=CN(NCC(CCO)c1cc2nc(C)c(C)nc2c(C23CC2(C(F)(F)F)C3)n1)C1CC1. The monoisotopic (exact) mass is 447 g/mol. The van der Waals surface area contributed by atoms with Crippen LogP contribution in [0.2, 0.25) is 0 Å². The second-order valence-electron chi connectivity index (χ2n) is 9.57. The Hall–Kier alpha value is -2.26. The summed E-state index contributed by atoms with van der Waals surface area (Å²) in [6.07, 6.45) is 0.268. The summed E-state index contributed by atoms with van der Waals surface area (Å²) in [5, 5.41) is 11.6. The van der Waals surface area contributed by atoms with E-state index in [0.29, 0.717) is 47.1 Å². The molecule has 0 aliphatic heterocycles. The average Bonchev–Trinajstić information content (AvgIpc) is 3.59. The third-order valence-corrected chi connectivity index (χ3v) is 7.51. The molecule has 2 aromatic heterocycles. The molecule has 6 nitrogen and oxygen atoms in total. The largest absolute Gasteiger partial charge is 0.396 e. The van der Waals surface area contributed by atoms with Gasteiger partial charge in [0.05, 0.1) is 28.0 Å². The molecule has 5 rings (SSSR count). The lowest BCUT2D eigenvalue weighted by Gasteiger charge is -2.25. The molecule has 0 radical (unpaired) electrons. The predicted octanol–water partition coefficient (Wildman–Crippen LogP) is 3.81. The van der Waals surface area contributed by atoms with Crippen molar-refractivity contribution >= 4 is 11.0 Å². The maximum Gasteiger partial charge on any atom is 0.395 e. The van der Waals surface area contributed by atoms with Crippen LogP contribution in [0, 0.1) is 19.3 Å². The Morgan fingerprint density at radius 3 is 2.50 bits per heavy atom. The van der Waals surface area contributed by atoms with Gasteiger partial charge in [-0.3, -0.25) is 4.98 Å². The zero-order valence-corrected chi connectivity index (χ0v) is 18.3. The highest BCUT2D eigenvalue weighted by atomic mass is 19.4. The number of hydrogen-bond donors (Lipinski definition) is 2. The van der Waals surface area contributed by atoms with Crippen LogP contribution in [-0.4, -0.2) is 50.4 Å². The van der Waals surface area contributed by atoms with Crippen molar-refractivity contribution < 1.29 is 18.3 Å². The maximum atomic E-state index is 13.7. The van der Waals surface area contributed by atoms with Crippen LogP contribution < -0.4 is 5.43 Å². The minimum atomic E-state index is -4.25. The molecule has 2 aromatic rings. The minimum absolute atomic E-state index is 0.0465. The molecule has 0 amide bonds. The van der Waals surface area contributed by atoms with Crippen molar-refractivity contribution in [1.82, 2.24) is 25.4 Å². The van der Waals surface area contributed by atoms with E-state index in [9.17, 15) is 18.3 Å². The molecule has 0 saturated heterocycles. The zero-order valence-electron chi connectivity index (χ0n) is 18.3. The van der Waals surface area contributed by atoms with E-state index in [1.807, 2.05) is 24.9 Å². The van der Waals surface area contributed by atoms with Gasteiger partial charge in [-0.2, -0.15) is 13.2 Å². The van der Waals surface area contributed by atoms with Gasteiger partial charge in [-0.05, 0) is 52.0 Å². The number of hydrazine groups is 1. The number of pyridine rings is 1. The molecule has 1 atom stereocenters. The van der Waals surface area contributed by atoms with Gasteiger partial charge in [-0.15, -0.1) is 0 Å². The minimum Gasteiger partial charge on any atom is -0.396 e. The topological polar surface area (TPSA) is 74.2 Å². The maximum absolute atomic E-state index is 13.7. The molecule has 3 aliphatic carbocycles. The molecule has 3 saturated carbocycles. The van der Waals surface area contributed by atoms with E-state index in [1.54, 1.807) is 6.20 Å². The molecule has 2 heterocycles. The summed E-state index contributed by atoms with van der Waals surface area (Å²) >= 11 is 0. The average molecular weight is 448 g/mol. The molecule has 0 spiro atoms. The number of nitrogens with one attached hydrogen (secondary N) is 1. The Morgan fingerprint density at radius 2 is 1.94 bits per heavy atom. The first-order valence-electron chi connectivity index (χ1n) is 11.1. The van der Waals surface area contributed by atoms with Crippen molar-refractivity contribution in [3.63, 3.8) is 0 Å². The van der Waals surface area contributed by atoms with Crippen molar-refractivity contribution in [1.29, 1.82) is 0 Å². The number of hydrogen-bond acceptors (Lipinski definition) is 6. The van der Waals surface area contributed by atoms with Gasteiger partial charge in [0.1, 0.15) is 5.52 Å². The predicted molar refractivity (Wildman–Crippen MR) is 114 cm³/mol. The van der Waals surface area contributed by atoms with Gasteiger partial charge in [0.2, 0.25) is 0 Å². The number of rotatable bonds is 9. The van der Waals surface area contributed by atoms with Crippen LogP contribution in [0.1, 0.15) is 60.8 Å². The van der Waals surface area contributed by atoms with E-state index in [4.69, 9.17) is 4.98 Å². The van der Waals surface area contributed by atoms with Gasteiger partial charge in [0.25, 0.3) is 0 Å². The summed E-state index contributed by atoms with van der Waals surface area (Å²) in [7, 11) is 0. The summed E-state index contributed by atoms with van der Waals surface area (Å²) < 4.78 is 41.2. The summed E-state index contributed by atoms with van der Waals surface area (Å²) in [4.78, 5) is 14.0. The number of fused-ring (bicyclic) bond motifs is 2. The summed E-state index contributed by atoms with van der Waals surface area (Å²) in [5.41, 5.74) is 4.27. The summed E-state index contributed by atoms with van der Waals surface area (Å²) in [6.45, 7) is 7.95. The molecule has 172 valence electrons. The second-order valence-corrected chi connectivity index (χ2v) is 9.57. The Balaban J connectivity index is 1.54. The first-order valence-corrected chi connectivity index (χ1v) is 11.1. The third kappa shape index (κ3) is 3.20. The van der Waals surface area contributed by atoms with Crippen molar-refractivity contribution in [2.24, 2.45) is 5.41 Å². The van der Waals surface area contributed by atoms with Crippen LogP contribution in [0.4, 0.5) is 13.2 Å². The molecule has 2 N–H and O–H groups in total. The fourth-order valence-electron chi connectivity index (χ4n) is 4.97. The number of aliphatic hydroxyl groups is 1. The van der Waals surface area contributed by atoms with E-state index in [-0.39, 0.29) is 25.4 Å². The number of aryl methyl sites for hydroxylation is 2. The van der Waals surface area contributed by atoms with E-state index in [2.05, 4.69) is 22.0 Å². The summed E-state index contributed by atoms with van der Waals surface area (Å²) in [6, 6.07) is 2.25. The lowest BCUT2D eigenvalue weighted by molar-refractivity contribution is -0.167. The fourth-order valence-corrected chi connectivity index (χ4v) is 4.97. The molecule has 9 heteroatoms. The first kappa shape index (κ1) is 21.6. The number of aliphatic hydroxyl groups excluding tert-OH is 1. The van der Waals surface area contributed by atoms with Crippen LogP contribution in [0.15, 0.2) is 18.8 Å². The van der Waals surface area contributed by atoms with Crippen molar-refractivity contribution in [3.8, 4) is 0 Å². The van der Waals surface area contributed by atoms with Crippen LogP contribution in [-0.2, 0) is 5.41 Å². The highest BCUT2D eigenvalue weighted by molar-refractivity contribution is 5.81. The van der Waals surface area contributed by atoms with Gasteiger partial charge < -0.3 is 10.1 Å². The van der Waals surface area contributed by atoms with Crippen molar-refractivity contribution in [2.45, 2.75) is 69.5 Å². The van der Waals surface area contributed by atoms with Gasteiger partial charge in [-0.25, -0.2) is 15.4 Å². The number of aromatic nitrogens is 3. The van der Waals surface area contributed by atoms with E-state index < -0.39 is 17.0 Å². The normalized spacial score (nSPS) is 27.2. The Kier molecular flexibility index (Phi) is 4.80. The highest BCUT2D eigenvalue weighted by Gasteiger charge is 2.94. The number of nitrogens with zero attached hydrogens (tertiary/aromatic N) is 4. The van der Waals surface area contributed by atoms with Crippen LogP contribution in [0.3, 0.4) is 0 Å². The van der Waals surface area contributed by atoms with Crippen LogP contribution in [0.5, 0.6) is 0 Å². The molecule has 0 bridgehead atoms. The zero-order chi connectivity index (χ0) is 22.9. The molecule has 0 aromatic carbocycles. The standard InChI is InChI=1S/C23H28F3N5O/c1-4-31(16-5-6-16)27-10-15(7-8-32)17-9-18-19(29-14(3)13(2)28-18)20(30-17)21-11-22(21,12-21)23(24,25)26/h4,9,15-16,27,32H,1,5-8,10-12H2,2-3H3. The molecular weight excluding hydrogens is 419 g/mol. The van der Waals surface area contributed by atoms with E-state index in [0.717, 1.165) is 18.5 Å². The van der Waals surface area contributed by atoms with Gasteiger partial charge in [0.15, 0.2) is 0 Å². The van der Waals surface area contributed by atoms with Crippen molar-refractivity contribution in [3.05, 3.63) is 41.6 Å². The van der Waals surface area contributed by atoms with Gasteiger partial charge >= 0.3 is 6.18 Å². The van der Waals surface area contributed by atoms with E-state index in [1.165, 1.54) is 0 Å². The Morgan fingerprint density at radius 1 is 1.25 bits per heavy atom. The Labute approximate surface area is 184 Å². The van der Waals surface area contributed by atoms with Gasteiger partial charge in [-0.1, -0.05) is 6.58 Å². The lowest BCUT2D eigenvalue weighted by Crippen LogP contribution is -2.38. The quantitative estimate of drug-likeness (QED) is 0.570. The van der Waals surface area contributed by atoms with Crippen LogP contribution in [0.25, 0.3) is 11.0 Å². The molecule has 32 heavy (non-hydrogen) atoms. The second kappa shape index (κ2) is 7.12. The van der Waals surface area contributed by atoms with E-state index >= 15 is 0 Å². The summed E-state index contributed by atoms with van der Waals surface area (Å²) in [5.74, 6) is -0.179. The molecular formula is C23H28F3N5O. The van der Waals surface area contributed by atoms with Crippen LogP contribution >= 0.6 is 0 Å². The third-order valence-electron chi connectivity index (χ3n) is 7.51. The molecule has 3 fully saturated rings. The lowest BCUT2D eigenvalue weighted by atomic mass is 9.98. The van der Waals surface area contributed by atoms with Crippen molar-refractivity contribution in [2.75, 3.05) is 13.2 Å². The molecule has 1 unspecified atom stereocenters.